The Hall–Kier alpha value is -0.770. The van der Waals surface area contributed by atoms with E-state index >= 15 is 0 Å². The molecule has 1 heterocycles. The van der Waals surface area contributed by atoms with Crippen LogP contribution in [-0.2, 0) is 0 Å². The van der Waals surface area contributed by atoms with E-state index in [0.717, 1.165) is 22.8 Å². The van der Waals surface area contributed by atoms with Gasteiger partial charge in [-0.15, -0.1) is 0 Å². The molecule has 96 valence electrons. The van der Waals surface area contributed by atoms with Crippen LogP contribution in [0.1, 0.15) is 39.5 Å². The lowest BCUT2D eigenvalue weighted by molar-refractivity contribution is 0.472. The van der Waals surface area contributed by atoms with E-state index in [1.54, 1.807) is 6.20 Å². The molecule has 0 bridgehead atoms. The molecule has 1 unspecified atom stereocenters. The summed E-state index contributed by atoms with van der Waals surface area (Å²) in [7, 11) is 0. The van der Waals surface area contributed by atoms with Gasteiger partial charge in [-0.2, -0.15) is 0 Å². The number of nitrogen functional groups attached to an aromatic ring is 1. The highest BCUT2D eigenvalue weighted by molar-refractivity contribution is 9.10. The number of pyridine rings is 1. The second-order valence-corrected chi connectivity index (χ2v) is 5.25. The van der Waals surface area contributed by atoms with Crippen LogP contribution in [-0.4, -0.2) is 11.5 Å². The van der Waals surface area contributed by atoms with Crippen LogP contribution in [0.15, 0.2) is 16.7 Å². The van der Waals surface area contributed by atoms with E-state index in [-0.39, 0.29) is 0 Å². The highest BCUT2D eigenvalue weighted by Crippen LogP contribution is 2.22. The highest BCUT2D eigenvalue weighted by Gasteiger charge is 2.07. The van der Waals surface area contributed by atoms with Gasteiger partial charge in [-0.1, -0.05) is 33.1 Å². The molecule has 0 aromatic carbocycles. The Morgan fingerprint density at radius 3 is 2.82 bits per heavy atom. The van der Waals surface area contributed by atoms with Crippen LogP contribution in [0.4, 0.5) is 11.5 Å². The van der Waals surface area contributed by atoms with E-state index in [1.807, 2.05) is 6.07 Å². The average molecular weight is 300 g/mol. The van der Waals surface area contributed by atoms with Crippen LogP contribution in [0.3, 0.4) is 0 Å². The molecule has 0 saturated carbocycles. The van der Waals surface area contributed by atoms with Crippen molar-refractivity contribution in [3.8, 4) is 0 Å². The van der Waals surface area contributed by atoms with Gasteiger partial charge in [0.1, 0.15) is 5.82 Å². The molecule has 17 heavy (non-hydrogen) atoms. The minimum absolute atomic E-state index is 0.681. The number of aromatic nitrogens is 1. The molecular formula is C13H22BrN3. The Balaban J connectivity index is 2.47. The third-order valence-electron chi connectivity index (χ3n) is 2.96. The zero-order valence-electron chi connectivity index (χ0n) is 10.7. The monoisotopic (exact) mass is 299 g/mol. The molecule has 4 heteroatoms. The SMILES string of the molecule is CCCCC(CC)CNc1ncc(N)cc1Br. The standard InChI is InChI=1S/C13H22BrN3/c1-3-5-6-10(4-2)8-16-13-12(14)7-11(15)9-17-13/h7,9-10H,3-6,8,15H2,1-2H3,(H,16,17). The predicted molar refractivity (Wildman–Crippen MR) is 78.1 cm³/mol. The number of halogens is 1. The quantitative estimate of drug-likeness (QED) is 0.798. The number of hydrogen-bond donors (Lipinski definition) is 2. The second-order valence-electron chi connectivity index (χ2n) is 4.40. The van der Waals surface area contributed by atoms with E-state index in [9.17, 15) is 0 Å². The van der Waals surface area contributed by atoms with Crippen molar-refractivity contribution in [1.29, 1.82) is 0 Å². The van der Waals surface area contributed by atoms with E-state index in [0.29, 0.717) is 5.69 Å². The molecule has 0 aliphatic rings. The number of anilines is 2. The summed E-state index contributed by atoms with van der Waals surface area (Å²) in [4.78, 5) is 4.28. The second kappa shape index (κ2) is 7.54. The van der Waals surface area contributed by atoms with Crippen LogP contribution < -0.4 is 11.1 Å². The van der Waals surface area contributed by atoms with Crippen molar-refractivity contribution >= 4 is 27.4 Å². The lowest BCUT2D eigenvalue weighted by Crippen LogP contribution is -2.14. The lowest BCUT2D eigenvalue weighted by Gasteiger charge is -2.16. The van der Waals surface area contributed by atoms with Crippen LogP contribution in [0.5, 0.6) is 0 Å². The number of nitrogens with one attached hydrogen (secondary N) is 1. The normalized spacial score (nSPS) is 12.4. The average Bonchev–Trinajstić information content (AvgIpc) is 2.31. The van der Waals surface area contributed by atoms with Gasteiger partial charge in [0.05, 0.1) is 16.4 Å². The topological polar surface area (TPSA) is 50.9 Å². The maximum Gasteiger partial charge on any atom is 0.140 e. The van der Waals surface area contributed by atoms with Crippen molar-refractivity contribution in [1.82, 2.24) is 4.98 Å². The van der Waals surface area contributed by atoms with Crippen LogP contribution in [0, 0.1) is 5.92 Å². The zero-order chi connectivity index (χ0) is 12.7. The van der Waals surface area contributed by atoms with Gasteiger partial charge in [0.15, 0.2) is 0 Å². The van der Waals surface area contributed by atoms with Gasteiger partial charge in [0.25, 0.3) is 0 Å². The Labute approximate surface area is 112 Å². The molecule has 0 saturated heterocycles. The van der Waals surface area contributed by atoms with Crippen LogP contribution in [0.2, 0.25) is 0 Å². The fourth-order valence-electron chi connectivity index (χ4n) is 1.77. The molecule has 1 atom stereocenters. The Bertz CT molecular complexity index is 341. The maximum atomic E-state index is 5.66. The highest BCUT2D eigenvalue weighted by atomic mass is 79.9. The van der Waals surface area contributed by atoms with Crippen molar-refractivity contribution in [2.75, 3.05) is 17.6 Å². The van der Waals surface area contributed by atoms with Gasteiger partial charge < -0.3 is 11.1 Å². The number of nitrogens with zero attached hydrogens (tertiary/aromatic N) is 1. The molecule has 3 N–H and O–H groups in total. The van der Waals surface area contributed by atoms with Gasteiger partial charge in [0, 0.05) is 6.54 Å². The Morgan fingerprint density at radius 1 is 1.47 bits per heavy atom. The van der Waals surface area contributed by atoms with Gasteiger partial charge in [-0.05, 0) is 34.3 Å². The summed E-state index contributed by atoms with van der Waals surface area (Å²) in [5.41, 5.74) is 6.34. The third kappa shape index (κ3) is 4.94. The summed E-state index contributed by atoms with van der Waals surface area (Å²) in [5.74, 6) is 1.61. The first-order chi connectivity index (χ1) is 8.17. The first kappa shape index (κ1) is 14.3. The van der Waals surface area contributed by atoms with Gasteiger partial charge in [-0.25, -0.2) is 4.98 Å². The minimum Gasteiger partial charge on any atom is -0.397 e. The van der Waals surface area contributed by atoms with E-state index in [4.69, 9.17) is 5.73 Å². The third-order valence-corrected chi connectivity index (χ3v) is 3.57. The van der Waals surface area contributed by atoms with Crippen molar-refractivity contribution in [2.24, 2.45) is 5.92 Å². The van der Waals surface area contributed by atoms with Crippen molar-refractivity contribution in [3.05, 3.63) is 16.7 Å². The molecule has 1 rings (SSSR count). The Kier molecular flexibility index (Phi) is 6.34. The smallest absolute Gasteiger partial charge is 0.140 e. The molecule has 0 aliphatic carbocycles. The fraction of sp³-hybridized carbons (Fsp3) is 0.615. The zero-order valence-corrected chi connectivity index (χ0v) is 12.3. The first-order valence-corrected chi connectivity index (χ1v) is 7.11. The number of hydrogen-bond acceptors (Lipinski definition) is 3. The van der Waals surface area contributed by atoms with Crippen molar-refractivity contribution < 1.29 is 0 Å². The van der Waals surface area contributed by atoms with E-state index in [2.05, 4.69) is 40.1 Å². The summed E-state index contributed by atoms with van der Waals surface area (Å²) in [6.45, 7) is 5.46. The molecule has 0 spiro atoms. The van der Waals surface area contributed by atoms with Crippen LogP contribution >= 0.6 is 15.9 Å². The van der Waals surface area contributed by atoms with E-state index in [1.165, 1.54) is 25.7 Å². The molecule has 0 aliphatic heterocycles. The molecular weight excluding hydrogens is 278 g/mol. The van der Waals surface area contributed by atoms with E-state index < -0.39 is 0 Å². The fourth-order valence-corrected chi connectivity index (χ4v) is 2.27. The Morgan fingerprint density at radius 2 is 2.24 bits per heavy atom. The van der Waals surface area contributed by atoms with Crippen LogP contribution in [0.25, 0.3) is 0 Å². The minimum atomic E-state index is 0.681. The molecule has 0 radical (unpaired) electrons. The number of unbranched alkanes of at least 4 members (excludes halogenated alkanes) is 1. The number of nitrogens with two attached hydrogens (primary N) is 1. The molecule has 0 amide bonds. The summed E-state index contributed by atoms with van der Waals surface area (Å²) in [6.07, 6.45) is 6.74. The lowest BCUT2D eigenvalue weighted by atomic mass is 9.99. The van der Waals surface area contributed by atoms with Gasteiger partial charge in [0.2, 0.25) is 0 Å². The van der Waals surface area contributed by atoms with Gasteiger partial charge >= 0.3 is 0 Å². The predicted octanol–water partition coefficient (Wildman–Crippen LogP) is 4.05. The summed E-state index contributed by atoms with van der Waals surface area (Å²) in [5, 5.41) is 3.39. The van der Waals surface area contributed by atoms with Crippen molar-refractivity contribution in [2.45, 2.75) is 39.5 Å². The summed E-state index contributed by atoms with van der Waals surface area (Å²) in [6, 6.07) is 1.88. The first-order valence-electron chi connectivity index (χ1n) is 6.32. The maximum absolute atomic E-state index is 5.66. The van der Waals surface area contributed by atoms with Gasteiger partial charge in [-0.3, -0.25) is 0 Å². The van der Waals surface area contributed by atoms with Crippen molar-refractivity contribution in [3.63, 3.8) is 0 Å². The largest absolute Gasteiger partial charge is 0.397 e. The summed E-state index contributed by atoms with van der Waals surface area (Å²) < 4.78 is 0.933. The molecule has 1 aromatic heterocycles. The molecule has 0 fully saturated rings. The molecule has 3 nitrogen and oxygen atoms in total. The summed E-state index contributed by atoms with van der Waals surface area (Å²) >= 11 is 3.47. The molecule has 1 aromatic rings. The number of rotatable bonds is 7.